The van der Waals surface area contributed by atoms with E-state index in [1.807, 2.05) is 12.1 Å². The number of halogens is 2. The summed E-state index contributed by atoms with van der Waals surface area (Å²) < 4.78 is 0. The maximum absolute atomic E-state index is 6.15. The quantitative estimate of drug-likeness (QED) is 0.813. The van der Waals surface area contributed by atoms with E-state index in [-0.39, 0.29) is 12.4 Å². The molecule has 2 atom stereocenters. The molecule has 4 heteroatoms. The Morgan fingerprint density at radius 2 is 2.12 bits per heavy atom. The van der Waals surface area contributed by atoms with Crippen molar-refractivity contribution in [1.29, 1.82) is 0 Å². The molecular formula is C13H16Cl2N2. The first-order chi connectivity index (χ1) is 7.77. The number of nitrogens with two attached hydrogens (primary N) is 1. The summed E-state index contributed by atoms with van der Waals surface area (Å²) in [4.78, 5) is 3.27. The molecule has 17 heavy (non-hydrogen) atoms. The van der Waals surface area contributed by atoms with Gasteiger partial charge in [0.25, 0.3) is 0 Å². The average Bonchev–Trinajstić information content (AvgIpc) is 2.84. The van der Waals surface area contributed by atoms with E-state index in [0.717, 1.165) is 17.0 Å². The lowest BCUT2D eigenvalue weighted by Gasteiger charge is -2.14. The third-order valence-electron chi connectivity index (χ3n) is 3.67. The van der Waals surface area contributed by atoms with E-state index in [9.17, 15) is 0 Å². The normalized spacial score (nSPS) is 23.9. The zero-order chi connectivity index (χ0) is 11.1. The van der Waals surface area contributed by atoms with Crippen LogP contribution in [-0.4, -0.2) is 11.0 Å². The number of fused-ring (bicyclic) bond motifs is 1. The minimum absolute atomic E-state index is 0. The van der Waals surface area contributed by atoms with Crippen LogP contribution in [0.25, 0.3) is 10.9 Å². The zero-order valence-corrected chi connectivity index (χ0v) is 11.0. The van der Waals surface area contributed by atoms with E-state index in [2.05, 4.69) is 17.2 Å². The second-order valence-corrected chi connectivity index (χ2v) is 5.01. The van der Waals surface area contributed by atoms with Crippen molar-refractivity contribution in [3.8, 4) is 0 Å². The van der Waals surface area contributed by atoms with Gasteiger partial charge in [0.15, 0.2) is 0 Å². The van der Waals surface area contributed by atoms with Crippen molar-refractivity contribution in [2.75, 3.05) is 0 Å². The van der Waals surface area contributed by atoms with Crippen LogP contribution in [0.15, 0.2) is 24.4 Å². The van der Waals surface area contributed by atoms with Gasteiger partial charge in [-0.25, -0.2) is 0 Å². The molecule has 3 rings (SSSR count). The molecule has 0 saturated heterocycles. The maximum Gasteiger partial charge on any atom is 0.0647 e. The molecule has 2 unspecified atom stereocenters. The Labute approximate surface area is 112 Å². The lowest BCUT2D eigenvalue weighted by atomic mass is 9.94. The molecule has 1 saturated carbocycles. The predicted molar refractivity (Wildman–Crippen MR) is 75.1 cm³/mol. The Hall–Kier alpha value is -0.700. The second-order valence-electron chi connectivity index (χ2n) is 4.61. The highest BCUT2D eigenvalue weighted by atomic mass is 35.5. The summed E-state index contributed by atoms with van der Waals surface area (Å²) in [5.74, 6) is 0.493. The van der Waals surface area contributed by atoms with Crippen molar-refractivity contribution in [3.63, 3.8) is 0 Å². The highest BCUT2D eigenvalue weighted by Gasteiger charge is 2.27. The molecule has 0 aliphatic heterocycles. The molecule has 1 aliphatic rings. The molecule has 2 aromatic rings. The molecule has 2 nitrogen and oxygen atoms in total. The van der Waals surface area contributed by atoms with E-state index in [4.69, 9.17) is 17.3 Å². The molecule has 1 aromatic heterocycles. The van der Waals surface area contributed by atoms with E-state index >= 15 is 0 Å². The van der Waals surface area contributed by atoms with Crippen LogP contribution in [-0.2, 0) is 0 Å². The fourth-order valence-corrected chi connectivity index (χ4v) is 3.05. The Morgan fingerprint density at radius 1 is 1.29 bits per heavy atom. The van der Waals surface area contributed by atoms with Crippen LogP contribution in [0.5, 0.6) is 0 Å². The maximum atomic E-state index is 6.15. The third kappa shape index (κ3) is 2.05. The van der Waals surface area contributed by atoms with Gasteiger partial charge < -0.3 is 10.7 Å². The molecule has 0 radical (unpaired) electrons. The molecule has 0 amide bonds. The van der Waals surface area contributed by atoms with Crippen molar-refractivity contribution in [1.82, 2.24) is 4.98 Å². The van der Waals surface area contributed by atoms with Gasteiger partial charge in [0.2, 0.25) is 0 Å². The van der Waals surface area contributed by atoms with Crippen LogP contribution in [0.4, 0.5) is 0 Å². The molecule has 3 N–H and O–H groups in total. The average molecular weight is 271 g/mol. The van der Waals surface area contributed by atoms with E-state index in [0.29, 0.717) is 12.0 Å². The van der Waals surface area contributed by atoms with Gasteiger partial charge in [-0.3, -0.25) is 0 Å². The molecule has 0 spiro atoms. The van der Waals surface area contributed by atoms with E-state index in [1.54, 1.807) is 0 Å². The summed E-state index contributed by atoms with van der Waals surface area (Å²) >= 11 is 6.15. The highest BCUT2D eigenvalue weighted by molar-refractivity contribution is 6.35. The van der Waals surface area contributed by atoms with Crippen LogP contribution in [0.2, 0.25) is 5.02 Å². The molecule has 1 aliphatic carbocycles. The number of hydrogen-bond donors (Lipinski definition) is 2. The van der Waals surface area contributed by atoms with Gasteiger partial charge in [0, 0.05) is 23.5 Å². The minimum atomic E-state index is 0. The van der Waals surface area contributed by atoms with Gasteiger partial charge in [-0.2, -0.15) is 0 Å². The fourth-order valence-electron chi connectivity index (χ4n) is 2.82. The highest BCUT2D eigenvalue weighted by Crippen LogP contribution is 2.38. The summed E-state index contributed by atoms with van der Waals surface area (Å²) in [6.07, 6.45) is 5.64. The van der Waals surface area contributed by atoms with Crippen molar-refractivity contribution >= 4 is 34.9 Å². The lowest BCUT2D eigenvalue weighted by Crippen LogP contribution is -2.22. The van der Waals surface area contributed by atoms with E-state index in [1.165, 1.54) is 23.8 Å². The minimum Gasteiger partial charge on any atom is -0.360 e. The number of nitrogens with one attached hydrogen (secondary N) is 1. The van der Waals surface area contributed by atoms with Gasteiger partial charge >= 0.3 is 0 Å². The Balaban J connectivity index is 0.00000108. The number of benzene rings is 1. The van der Waals surface area contributed by atoms with Crippen LogP contribution in [0.1, 0.15) is 30.7 Å². The standard InChI is InChI=1S/C13H15ClN2.ClH/c14-11-5-1-4-9-10(7-16-13(9)11)8-3-2-6-12(8)15;/h1,4-5,7-8,12,16H,2-3,6,15H2;1H. The topological polar surface area (TPSA) is 41.8 Å². The third-order valence-corrected chi connectivity index (χ3v) is 3.98. The SMILES string of the molecule is Cl.NC1CCCC1c1c[nH]c2c(Cl)cccc12. The number of aromatic amines is 1. The molecule has 1 fully saturated rings. The molecule has 1 heterocycles. The van der Waals surface area contributed by atoms with Crippen molar-refractivity contribution in [2.45, 2.75) is 31.2 Å². The Kier molecular flexibility index (Phi) is 3.67. The summed E-state index contributed by atoms with van der Waals surface area (Å²) in [7, 11) is 0. The molecule has 92 valence electrons. The lowest BCUT2D eigenvalue weighted by molar-refractivity contribution is 0.616. The van der Waals surface area contributed by atoms with Crippen molar-refractivity contribution in [3.05, 3.63) is 35.0 Å². The predicted octanol–water partition coefficient (Wildman–Crippen LogP) is 3.84. The second kappa shape index (κ2) is 4.89. The fraction of sp³-hybridized carbons (Fsp3) is 0.385. The van der Waals surface area contributed by atoms with Gasteiger partial charge in [0.1, 0.15) is 0 Å². The summed E-state index contributed by atoms with van der Waals surface area (Å²) in [6.45, 7) is 0. The Bertz CT molecular complexity index is 521. The van der Waals surface area contributed by atoms with Gasteiger partial charge in [-0.1, -0.05) is 30.2 Å². The van der Waals surface area contributed by atoms with Crippen LogP contribution in [0, 0.1) is 0 Å². The number of para-hydroxylation sites is 1. The van der Waals surface area contributed by atoms with E-state index < -0.39 is 0 Å². The first-order valence-corrected chi connectivity index (χ1v) is 6.16. The summed E-state index contributed by atoms with van der Waals surface area (Å²) in [6, 6.07) is 6.34. The first-order valence-electron chi connectivity index (χ1n) is 5.78. The Morgan fingerprint density at radius 3 is 2.82 bits per heavy atom. The zero-order valence-electron chi connectivity index (χ0n) is 9.45. The van der Waals surface area contributed by atoms with Crippen LogP contribution < -0.4 is 5.73 Å². The number of aromatic nitrogens is 1. The smallest absolute Gasteiger partial charge is 0.0647 e. The monoisotopic (exact) mass is 270 g/mol. The van der Waals surface area contributed by atoms with Crippen LogP contribution in [0.3, 0.4) is 0 Å². The number of rotatable bonds is 1. The van der Waals surface area contributed by atoms with Crippen molar-refractivity contribution in [2.24, 2.45) is 5.73 Å². The summed E-state index contributed by atoms with van der Waals surface area (Å²) in [5, 5.41) is 2.02. The molecular weight excluding hydrogens is 255 g/mol. The largest absolute Gasteiger partial charge is 0.360 e. The van der Waals surface area contributed by atoms with Gasteiger partial charge in [0.05, 0.1) is 10.5 Å². The first kappa shape index (κ1) is 12.7. The molecule has 0 bridgehead atoms. The number of hydrogen-bond acceptors (Lipinski definition) is 1. The van der Waals surface area contributed by atoms with Gasteiger partial charge in [-0.05, 0) is 24.5 Å². The number of H-pyrrole nitrogens is 1. The van der Waals surface area contributed by atoms with Gasteiger partial charge in [-0.15, -0.1) is 12.4 Å². The van der Waals surface area contributed by atoms with Crippen LogP contribution >= 0.6 is 24.0 Å². The summed E-state index contributed by atoms with van der Waals surface area (Å²) in [5.41, 5.74) is 8.53. The van der Waals surface area contributed by atoms with Crippen molar-refractivity contribution < 1.29 is 0 Å². The molecule has 1 aromatic carbocycles.